The average molecular weight is 415 g/mol. The highest BCUT2D eigenvalue weighted by molar-refractivity contribution is 7.90. The van der Waals surface area contributed by atoms with E-state index >= 15 is 0 Å². The Balaban J connectivity index is 1.96. The third-order valence-corrected chi connectivity index (χ3v) is 5.46. The molecule has 0 atom stereocenters. The Morgan fingerprint density at radius 1 is 1.03 bits per heavy atom. The summed E-state index contributed by atoms with van der Waals surface area (Å²) in [7, 11) is -3.34. The van der Waals surface area contributed by atoms with Crippen LogP contribution in [0.2, 0.25) is 0 Å². The van der Waals surface area contributed by atoms with Gasteiger partial charge >= 0.3 is 0 Å². The molecule has 0 aliphatic rings. The standard InChI is InChI=1S/C21H22FN3O3S/c1-21(2,3)18-13-19(25(24-18)16-9-7-15(22)8-10-16)23-20(26)14-5-11-17(12-6-14)29(4,27)28/h5-13H,1-4H3,(H,23,26). The van der Waals surface area contributed by atoms with E-state index in [1.54, 1.807) is 22.9 Å². The summed E-state index contributed by atoms with van der Waals surface area (Å²) in [5, 5.41) is 7.38. The molecule has 0 spiro atoms. The molecule has 2 aromatic carbocycles. The van der Waals surface area contributed by atoms with Gasteiger partial charge in [-0.3, -0.25) is 4.79 Å². The summed E-state index contributed by atoms with van der Waals surface area (Å²) in [5.41, 5.74) is 1.40. The molecule has 6 nitrogen and oxygen atoms in total. The van der Waals surface area contributed by atoms with Gasteiger partial charge in [0.15, 0.2) is 9.84 Å². The van der Waals surface area contributed by atoms with Crippen molar-refractivity contribution in [3.63, 3.8) is 0 Å². The molecule has 1 heterocycles. The van der Waals surface area contributed by atoms with E-state index in [-0.39, 0.29) is 16.1 Å². The summed E-state index contributed by atoms with van der Waals surface area (Å²) < 4.78 is 38.0. The summed E-state index contributed by atoms with van der Waals surface area (Å²) in [5.74, 6) is -0.346. The molecular formula is C21H22FN3O3S. The second kappa shape index (κ2) is 7.44. The summed E-state index contributed by atoms with van der Waals surface area (Å²) in [6.07, 6.45) is 1.11. The Hall–Kier alpha value is -3.00. The maximum Gasteiger partial charge on any atom is 0.256 e. The van der Waals surface area contributed by atoms with Gasteiger partial charge in [-0.1, -0.05) is 20.8 Å². The van der Waals surface area contributed by atoms with E-state index in [4.69, 9.17) is 0 Å². The molecule has 0 radical (unpaired) electrons. The lowest BCUT2D eigenvalue weighted by Crippen LogP contribution is -2.15. The minimum Gasteiger partial charge on any atom is -0.306 e. The minimum absolute atomic E-state index is 0.139. The van der Waals surface area contributed by atoms with E-state index in [0.29, 0.717) is 17.1 Å². The third-order valence-electron chi connectivity index (χ3n) is 4.34. The molecule has 0 aliphatic heterocycles. The van der Waals surface area contributed by atoms with Gasteiger partial charge < -0.3 is 5.32 Å². The second-order valence-corrected chi connectivity index (χ2v) is 9.82. The van der Waals surface area contributed by atoms with Gasteiger partial charge in [-0.15, -0.1) is 0 Å². The molecule has 152 valence electrons. The second-order valence-electron chi connectivity index (χ2n) is 7.80. The first-order valence-electron chi connectivity index (χ1n) is 8.93. The molecule has 8 heteroatoms. The first kappa shape index (κ1) is 20.7. The van der Waals surface area contributed by atoms with E-state index in [9.17, 15) is 17.6 Å². The molecule has 0 saturated carbocycles. The number of nitrogens with zero attached hydrogens (tertiary/aromatic N) is 2. The quantitative estimate of drug-likeness (QED) is 0.699. The van der Waals surface area contributed by atoms with Gasteiger partial charge in [0.05, 0.1) is 16.3 Å². The highest BCUT2D eigenvalue weighted by Crippen LogP contribution is 2.27. The van der Waals surface area contributed by atoms with Crippen molar-refractivity contribution in [1.29, 1.82) is 0 Å². The Bertz CT molecular complexity index is 1140. The highest BCUT2D eigenvalue weighted by atomic mass is 32.2. The number of halogens is 1. The Morgan fingerprint density at radius 3 is 2.14 bits per heavy atom. The number of aromatic nitrogens is 2. The van der Waals surface area contributed by atoms with Crippen molar-refractivity contribution in [3.8, 4) is 5.69 Å². The fraction of sp³-hybridized carbons (Fsp3) is 0.238. The number of sulfone groups is 1. The number of benzene rings is 2. The van der Waals surface area contributed by atoms with Gasteiger partial charge in [-0.25, -0.2) is 17.5 Å². The number of hydrogen-bond donors (Lipinski definition) is 1. The summed E-state index contributed by atoms with van der Waals surface area (Å²) >= 11 is 0. The Kier molecular flexibility index (Phi) is 5.32. The first-order valence-corrected chi connectivity index (χ1v) is 10.8. The lowest BCUT2D eigenvalue weighted by Gasteiger charge is -2.14. The van der Waals surface area contributed by atoms with Crippen molar-refractivity contribution in [2.24, 2.45) is 0 Å². The highest BCUT2D eigenvalue weighted by Gasteiger charge is 2.22. The van der Waals surface area contributed by atoms with Crippen LogP contribution in [0.15, 0.2) is 59.5 Å². The van der Waals surface area contributed by atoms with Crippen LogP contribution in [0.4, 0.5) is 10.2 Å². The van der Waals surface area contributed by atoms with Crippen LogP contribution in [-0.4, -0.2) is 30.4 Å². The first-order chi connectivity index (χ1) is 13.4. The summed E-state index contributed by atoms with van der Waals surface area (Å²) in [6.45, 7) is 6.00. The number of carbonyl (C=O) groups excluding carboxylic acids is 1. The van der Waals surface area contributed by atoms with Crippen LogP contribution in [0.5, 0.6) is 0 Å². The lowest BCUT2D eigenvalue weighted by molar-refractivity contribution is 0.102. The van der Waals surface area contributed by atoms with Crippen molar-refractivity contribution in [3.05, 3.63) is 71.7 Å². The lowest BCUT2D eigenvalue weighted by atomic mass is 9.92. The van der Waals surface area contributed by atoms with Crippen molar-refractivity contribution in [2.75, 3.05) is 11.6 Å². The predicted molar refractivity (Wildman–Crippen MR) is 110 cm³/mol. The van der Waals surface area contributed by atoms with E-state index in [1.165, 1.54) is 36.4 Å². The molecule has 0 fully saturated rings. The summed E-state index contributed by atoms with van der Waals surface area (Å²) in [4.78, 5) is 12.8. The zero-order chi connectivity index (χ0) is 21.4. The molecule has 29 heavy (non-hydrogen) atoms. The van der Waals surface area contributed by atoms with Gasteiger partial charge in [-0.2, -0.15) is 5.10 Å². The number of rotatable bonds is 4. The average Bonchev–Trinajstić information content (AvgIpc) is 3.06. The van der Waals surface area contributed by atoms with Crippen molar-refractivity contribution >= 4 is 21.6 Å². The van der Waals surface area contributed by atoms with Crippen molar-refractivity contribution in [2.45, 2.75) is 31.1 Å². The Labute approximate surface area is 169 Å². The van der Waals surface area contributed by atoms with Crippen LogP contribution in [0.25, 0.3) is 5.69 Å². The predicted octanol–water partition coefficient (Wildman–Crippen LogP) is 3.96. The van der Waals surface area contributed by atoms with E-state index in [0.717, 1.165) is 11.9 Å². The number of anilines is 1. The van der Waals surface area contributed by atoms with E-state index in [2.05, 4.69) is 10.4 Å². The van der Waals surface area contributed by atoms with E-state index in [1.807, 2.05) is 20.8 Å². The molecule has 1 aromatic heterocycles. The van der Waals surface area contributed by atoms with Crippen LogP contribution in [0, 0.1) is 5.82 Å². The fourth-order valence-corrected chi connectivity index (χ4v) is 3.29. The number of hydrogen-bond acceptors (Lipinski definition) is 4. The van der Waals surface area contributed by atoms with Crippen LogP contribution in [-0.2, 0) is 15.3 Å². The number of nitrogens with one attached hydrogen (secondary N) is 1. The fourth-order valence-electron chi connectivity index (χ4n) is 2.66. The molecule has 0 saturated heterocycles. The zero-order valence-electron chi connectivity index (χ0n) is 16.6. The maximum absolute atomic E-state index is 13.3. The van der Waals surface area contributed by atoms with Crippen LogP contribution < -0.4 is 5.32 Å². The molecule has 1 N–H and O–H groups in total. The van der Waals surface area contributed by atoms with Gasteiger partial charge in [0.2, 0.25) is 0 Å². The maximum atomic E-state index is 13.3. The molecule has 0 aliphatic carbocycles. The van der Waals surface area contributed by atoms with Crippen molar-refractivity contribution in [1.82, 2.24) is 9.78 Å². The normalized spacial score (nSPS) is 12.0. The third kappa shape index (κ3) is 4.71. The topological polar surface area (TPSA) is 81.1 Å². The van der Waals surface area contributed by atoms with Crippen LogP contribution in [0.3, 0.4) is 0 Å². The molecule has 1 amide bonds. The van der Waals surface area contributed by atoms with Crippen LogP contribution >= 0.6 is 0 Å². The van der Waals surface area contributed by atoms with Gasteiger partial charge in [0.25, 0.3) is 5.91 Å². The van der Waals surface area contributed by atoms with Gasteiger partial charge in [0.1, 0.15) is 11.6 Å². The summed E-state index contributed by atoms with van der Waals surface area (Å²) in [6, 6.07) is 13.3. The van der Waals surface area contributed by atoms with Gasteiger partial charge in [-0.05, 0) is 48.5 Å². The van der Waals surface area contributed by atoms with Gasteiger partial charge in [0, 0.05) is 23.3 Å². The van der Waals surface area contributed by atoms with Crippen LogP contribution in [0.1, 0.15) is 36.8 Å². The molecule has 3 aromatic rings. The number of carbonyl (C=O) groups is 1. The molecule has 0 unspecified atom stereocenters. The monoisotopic (exact) mass is 415 g/mol. The number of amides is 1. The SMILES string of the molecule is CC(C)(C)c1cc(NC(=O)c2ccc(S(C)(=O)=O)cc2)n(-c2ccc(F)cc2)n1. The van der Waals surface area contributed by atoms with E-state index < -0.39 is 15.7 Å². The minimum atomic E-state index is -3.34. The Morgan fingerprint density at radius 2 is 1.62 bits per heavy atom. The zero-order valence-corrected chi connectivity index (χ0v) is 17.4. The largest absolute Gasteiger partial charge is 0.306 e. The molecular weight excluding hydrogens is 393 g/mol. The van der Waals surface area contributed by atoms with Crippen molar-refractivity contribution < 1.29 is 17.6 Å². The molecule has 0 bridgehead atoms. The smallest absolute Gasteiger partial charge is 0.256 e. The molecule has 3 rings (SSSR count).